The fourth-order valence-corrected chi connectivity index (χ4v) is 3.32. The molecule has 0 fully saturated rings. The molecule has 6 heteroatoms. The van der Waals surface area contributed by atoms with Gasteiger partial charge in [-0.05, 0) is 53.3 Å². The Morgan fingerprint density at radius 2 is 1.82 bits per heavy atom. The Hall–Kier alpha value is -3.25. The molecule has 4 aromatic rings. The Balaban J connectivity index is 1.58. The molecule has 0 bridgehead atoms. The lowest BCUT2D eigenvalue weighted by molar-refractivity contribution is 0.556. The summed E-state index contributed by atoms with van der Waals surface area (Å²) in [5.41, 5.74) is 2.81. The highest BCUT2D eigenvalue weighted by atomic mass is 19.1. The van der Waals surface area contributed by atoms with Crippen LogP contribution in [0.3, 0.4) is 0 Å². The maximum absolute atomic E-state index is 13.3. The van der Waals surface area contributed by atoms with E-state index in [-0.39, 0.29) is 5.56 Å². The molecule has 2 aromatic heterocycles. The molecule has 2 heterocycles. The zero-order valence-electron chi connectivity index (χ0n) is 15.3. The Morgan fingerprint density at radius 1 is 1.00 bits per heavy atom. The second kappa shape index (κ2) is 7.40. The Bertz CT molecular complexity index is 1290. The Kier molecular flexibility index (Phi) is 4.79. The van der Waals surface area contributed by atoms with Crippen molar-refractivity contribution in [2.75, 3.05) is 0 Å². The number of aromatic amines is 1. The molecule has 5 nitrogen and oxygen atoms in total. The molecule has 0 amide bonds. The molecular weight excluding hydrogens is 359 g/mol. The first-order valence-corrected chi connectivity index (χ1v) is 9.11. The lowest BCUT2D eigenvalue weighted by Gasteiger charge is -2.09. The molecule has 4 rings (SSSR count). The van der Waals surface area contributed by atoms with Crippen molar-refractivity contribution in [2.24, 2.45) is 0 Å². The summed E-state index contributed by atoms with van der Waals surface area (Å²) in [6.07, 6.45) is 0.858. The van der Waals surface area contributed by atoms with Crippen LogP contribution in [0.4, 0.5) is 4.39 Å². The maximum Gasteiger partial charge on any atom is 0.336 e. The van der Waals surface area contributed by atoms with E-state index < -0.39 is 11.4 Å². The standard InChI is InChI=1S/C22H19FN2O3/c1-2-13-3-6-18-15(9-21(26)28-20(18)7-13)11-24-12-16-8-14-4-5-17(23)10-19(14)25-22(16)27/h3-10,24H,2,11-12H2,1H3,(H,25,27). The number of benzene rings is 2. The van der Waals surface area contributed by atoms with E-state index >= 15 is 0 Å². The molecule has 0 aliphatic rings. The topological polar surface area (TPSA) is 75.1 Å². The normalized spacial score (nSPS) is 11.4. The van der Waals surface area contributed by atoms with Crippen LogP contribution in [0, 0.1) is 5.82 Å². The fraction of sp³-hybridized carbons (Fsp3) is 0.182. The van der Waals surface area contributed by atoms with E-state index in [0.29, 0.717) is 29.8 Å². The lowest BCUT2D eigenvalue weighted by Crippen LogP contribution is -2.21. The van der Waals surface area contributed by atoms with Crippen molar-refractivity contribution in [3.05, 3.63) is 91.8 Å². The molecule has 0 saturated carbocycles. The summed E-state index contributed by atoms with van der Waals surface area (Å²) in [6, 6.07) is 13.3. The van der Waals surface area contributed by atoms with Crippen molar-refractivity contribution < 1.29 is 8.81 Å². The summed E-state index contributed by atoms with van der Waals surface area (Å²) in [5, 5.41) is 4.84. The number of aromatic nitrogens is 1. The molecule has 142 valence electrons. The molecular formula is C22H19FN2O3. The average molecular weight is 378 g/mol. The molecule has 0 aliphatic heterocycles. The summed E-state index contributed by atoms with van der Waals surface area (Å²) in [7, 11) is 0. The summed E-state index contributed by atoms with van der Waals surface area (Å²) in [6.45, 7) is 2.77. The zero-order chi connectivity index (χ0) is 19.7. The van der Waals surface area contributed by atoms with Crippen LogP contribution in [0.5, 0.6) is 0 Å². The van der Waals surface area contributed by atoms with E-state index in [4.69, 9.17) is 4.42 Å². The number of hydrogen-bond donors (Lipinski definition) is 2. The summed E-state index contributed by atoms with van der Waals surface area (Å²) < 4.78 is 18.6. The number of pyridine rings is 1. The van der Waals surface area contributed by atoms with Crippen LogP contribution < -0.4 is 16.5 Å². The van der Waals surface area contributed by atoms with Gasteiger partial charge >= 0.3 is 5.63 Å². The number of nitrogens with one attached hydrogen (secondary N) is 2. The van der Waals surface area contributed by atoms with E-state index in [1.165, 1.54) is 18.2 Å². The highest BCUT2D eigenvalue weighted by Gasteiger charge is 2.08. The predicted octanol–water partition coefficient (Wildman–Crippen LogP) is 3.63. The van der Waals surface area contributed by atoms with Crippen LogP contribution in [-0.4, -0.2) is 4.98 Å². The number of aryl methyl sites for hydroxylation is 1. The van der Waals surface area contributed by atoms with Crippen molar-refractivity contribution in [3.8, 4) is 0 Å². The van der Waals surface area contributed by atoms with Gasteiger partial charge in [-0.1, -0.05) is 19.1 Å². The van der Waals surface area contributed by atoms with Gasteiger partial charge in [-0.15, -0.1) is 0 Å². The van der Waals surface area contributed by atoms with Crippen LogP contribution in [0.1, 0.15) is 23.6 Å². The van der Waals surface area contributed by atoms with E-state index in [1.54, 1.807) is 12.1 Å². The van der Waals surface area contributed by atoms with Gasteiger partial charge in [-0.3, -0.25) is 4.79 Å². The molecule has 0 atom stereocenters. The van der Waals surface area contributed by atoms with Crippen LogP contribution >= 0.6 is 0 Å². The van der Waals surface area contributed by atoms with Crippen LogP contribution in [0.15, 0.2) is 62.5 Å². The van der Waals surface area contributed by atoms with Gasteiger partial charge in [-0.2, -0.15) is 0 Å². The monoisotopic (exact) mass is 378 g/mol. The largest absolute Gasteiger partial charge is 0.423 e. The third-order valence-electron chi connectivity index (χ3n) is 4.82. The van der Waals surface area contributed by atoms with Gasteiger partial charge in [0.15, 0.2) is 0 Å². The van der Waals surface area contributed by atoms with Gasteiger partial charge in [0.1, 0.15) is 11.4 Å². The molecule has 0 radical (unpaired) electrons. The summed E-state index contributed by atoms with van der Waals surface area (Å²) >= 11 is 0. The molecule has 0 aliphatic carbocycles. The van der Waals surface area contributed by atoms with Crippen molar-refractivity contribution in [1.82, 2.24) is 10.3 Å². The number of H-pyrrole nitrogens is 1. The summed E-state index contributed by atoms with van der Waals surface area (Å²) in [4.78, 5) is 26.8. The fourth-order valence-electron chi connectivity index (χ4n) is 3.32. The SMILES string of the molecule is CCc1ccc2c(CNCc3cc4ccc(F)cc4[nH]c3=O)cc(=O)oc2c1. The molecule has 2 aromatic carbocycles. The summed E-state index contributed by atoms with van der Waals surface area (Å²) in [5.74, 6) is -0.393. The molecule has 2 N–H and O–H groups in total. The quantitative estimate of drug-likeness (QED) is 0.520. The van der Waals surface area contributed by atoms with Crippen molar-refractivity contribution in [1.29, 1.82) is 0 Å². The highest BCUT2D eigenvalue weighted by Crippen LogP contribution is 2.19. The smallest absolute Gasteiger partial charge is 0.336 e. The average Bonchev–Trinajstić information content (AvgIpc) is 2.67. The highest BCUT2D eigenvalue weighted by molar-refractivity contribution is 5.81. The number of rotatable bonds is 5. The van der Waals surface area contributed by atoms with Gasteiger partial charge in [0, 0.05) is 30.1 Å². The van der Waals surface area contributed by atoms with E-state index in [2.05, 4.69) is 10.3 Å². The first-order valence-electron chi connectivity index (χ1n) is 9.11. The van der Waals surface area contributed by atoms with Crippen molar-refractivity contribution in [2.45, 2.75) is 26.4 Å². The van der Waals surface area contributed by atoms with Crippen LogP contribution in [0.25, 0.3) is 21.9 Å². The van der Waals surface area contributed by atoms with Gasteiger partial charge in [0.25, 0.3) is 5.56 Å². The number of hydrogen-bond acceptors (Lipinski definition) is 4. The zero-order valence-corrected chi connectivity index (χ0v) is 15.3. The van der Waals surface area contributed by atoms with Gasteiger partial charge in [-0.25, -0.2) is 9.18 Å². The third kappa shape index (κ3) is 3.59. The number of fused-ring (bicyclic) bond motifs is 2. The molecule has 28 heavy (non-hydrogen) atoms. The second-order valence-corrected chi connectivity index (χ2v) is 6.73. The second-order valence-electron chi connectivity index (χ2n) is 6.73. The first kappa shape index (κ1) is 18.1. The minimum absolute atomic E-state index is 0.268. The van der Waals surface area contributed by atoms with Crippen LogP contribution in [-0.2, 0) is 19.5 Å². The van der Waals surface area contributed by atoms with E-state index in [9.17, 15) is 14.0 Å². The molecule has 0 saturated heterocycles. The lowest BCUT2D eigenvalue weighted by atomic mass is 10.1. The Morgan fingerprint density at radius 3 is 2.64 bits per heavy atom. The minimum Gasteiger partial charge on any atom is -0.423 e. The van der Waals surface area contributed by atoms with E-state index in [0.717, 1.165) is 28.3 Å². The van der Waals surface area contributed by atoms with Crippen molar-refractivity contribution >= 4 is 21.9 Å². The minimum atomic E-state index is -0.400. The van der Waals surface area contributed by atoms with Gasteiger partial charge < -0.3 is 14.7 Å². The third-order valence-corrected chi connectivity index (χ3v) is 4.82. The van der Waals surface area contributed by atoms with E-state index in [1.807, 2.05) is 25.1 Å². The predicted molar refractivity (Wildman–Crippen MR) is 107 cm³/mol. The van der Waals surface area contributed by atoms with Gasteiger partial charge in [0.2, 0.25) is 0 Å². The Labute approximate surface area is 159 Å². The molecule has 0 unspecified atom stereocenters. The maximum atomic E-state index is 13.3. The first-order chi connectivity index (χ1) is 13.5. The van der Waals surface area contributed by atoms with Gasteiger partial charge in [0.05, 0.1) is 5.52 Å². The number of halogens is 1. The molecule has 0 spiro atoms. The van der Waals surface area contributed by atoms with Crippen molar-refractivity contribution in [3.63, 3.8) is 0 Å². The van der Waals surface area contributed by atoms with Crippen LogP contribution in [0.2, 0.25) is 0 Å².